The maximum Gasteiger partial charge on any atom is 0.434 e. The van der Waals surface area contributed by atoms with Crippen LogP contribution in [0.2, 0.25) is 10.0 Å². The third kappa shape index (κ3) is 16.4. The highest BCUT2D eigenvalue weighted by atomic mass is 35.5. The summed E-state index contributed by atoms with van der Waals surface area (Å²) in [7, 11) is 0. The number of anilines is 2. The third-order valence-corrected chi connectivity index (χ3v) is 15.9. The SMILES string of the molecule is O=C(O)C1CCN(c2cc(Cl)ccc2CN2CCC3(CCN(C(=O)OC(C(F)(F)F)C(F)(F)F)CC3)C2)CC1.O=C(O)C1CCN(c2cc(Cl)ccc2CN2CCC3(CCNCC3)C2)CC1.OC(C(F)(F)F)C(F)(F)F. The first kappa shape index (κ1) is 61.0. The molecular formula is C49H62Cl2F12N6O7. The number of benzene rings is 2. The number of carboxylic acid groups (broad SMARTS) is 2. The van der Waals surface area contributed by atoms with E-state index in [4.69, 9.17) is 28.3 Å². The molecule has 0 saturated carbocycles. The van der Waals surface area contributed by atoms with Crippen LogP contribution in [0, 0.1) is 22.7 Å². The van der Waals surface area contributed by atoms with Gasteiger partial charge in [-0.15, -0.1) is 0 Å². The minimum absolute atomic E-state index is 0.0137. The number of carbonyl (C=O) groups is 3. The summed E-state index contributed by atoms with van der Waals surface area (Å²) < 4.78 is 146. The number of hydrogen-bond donors (Lipinski definition) is 4. The van der Waals surface area contributed by atoms with Crippen LogP contribution in [0.25, 0.3) is 0 Å². The molecule has 0 radical (unpaired) electrons. The summed E-state index contributed by atoms with van der Waals surface area (Å²) in [6.45, 7) is 10.5. The Hall–Kier alpha value is -4.17. The van der Waals surface area contributed by atoms with E-state index in [0.29, 0.717) is 75.1 Å². The van der Waals surface area contributed by atoms with Crippen LogP contribution in [0.1, 0.15) is 75.3 Å². The summed E-state index contributed by atoms with van der Waals surface area (Å²) in [5.41, 5.74) is 4.82. The van der Waals surface area contributed by atoms with E-state index in [1.807, 2.05) is 18.2 Å². The first-order chi connectivity index (χ1) is 35.4. The Morgan fingerprint density at radius 1 is 0.579 bits per heavy atom. The number of nitrogens with zero attached hydrogens (tertiary/aromatic N) is 5. The van der Waals surface area contributed by atoms with Crippen LogP contribution >= 0.6 is 23.2 Å². The second-order valence-corrected chi connectivity index (χ2v) is 21.6. The second kappa shape index (κ2) is 24.9. The molecule has 8 rings (SSSR count). The summed E-state index contributed by atoms with van der Waals surface area (Å²) in [5, 5.41) is 30.8. The van der Waals surface area contributed by atoms with Crippen molar-refractivity contribution in [3.05, 3.63) is 57.6 Å². The molecule has 6 saturated heterocycles. The number of halogens is 14. The first-order valence-corrected chi connectivity index (χ1v) is 25.7. The van der Waals surface area contributed by atoms with Crippen LogP contribution in [0.15, 0.2) is 36.4 Å². The van der Waals surface area contributed by atoms with Crippen LogP contribution in [0.3, 0.4) is 0 Å². The van der Waals surface area contributed by atoms with E-state index in [9.17, 15) is 77.3 Å². The molecule has 2 aromatic rings. The van der Waals surface area contributed by atoms with Crippen molar-refractivity contribution < 1.29 is 87.1 Å². The van der Waals surface area contributed by atoms with E-state index in [2.05, 4.69) is 41.8 Å². The molecular weight excluding hydrogens is 1080 g/mol. The molecule has 0 bridgehead atoms. The van der Waals surface area contributed by atoms with E-state index in [-0.39, 0.29) is 30.3 Å². The average molecular weight is 1150 g/mol. The van der Waals surface area contributed by atoms with Crippen molar-refractivity contribution in [2.75, 3.05) is 88.3 Å². The lowest BCUT2D eigenvalue weighted by molar-refractivity contribution is -0.309. The molecule has 6 aliphatic rings. The molecule has 428 valence electrons. The van der Waals surface area contributed by atoms with Gasteiger partial charge in [-0.3, -0.25) is 19.4 Å². The number of hydrogen-bond acceptors (Lipinski definition) is 10. The number of carbonyl (C=O) groups excluding carboxylic acids is 1. The molecule has 76 heavy (non-hydrogen) atoms. The maximum atomic E-state index is 12.8. The van der Waals surface area contributed by atoms with Crippen LogP contribution in [0.4, 0.5) is 68.9 Å². The van der Waals surface area contributed by atoms with Crippen molar-refractivity contribution in [2.45, 2.75) is 114 Å². The van der Waals surface area contributed by atoms with Gasteiger partial charge in [-0.05, 0) is 137 Å². The van der Waals surface area contributed by atoms with Gasteiger partial charge in [0.15, 0.2) is 0 Å². The van der Waals surface area contributed by atoms with Crippen molar-refractivity contribution in [2.24, 2.45) is 22.7 Å². The minimum Gasteiger partial charge on any atom is -0.481 e. The standard InChI is InChI=1S/C25H30ClF6N3O4.C21H30ClN3O2.C3H2F6O/c26-18-2-1-17(19(13-18)34-8-3-16(4-9-34)20(36)37)14-33-10-5-23(15-33)6-11-35(12-7-23)22(38)39-21(24(27,28)29)25(30,31)32;22-18-2-1-17(14-24-12-7-21(15-24)5-8-23-9-6-21)19(13-18)25-10-3-16(4-11-25)20(26)27;4-2(5,6)1(10)3(7,8)9/h1-2,13,16,21H,3-12,14-15H2,(H,36,37);1-2,13,16,23H,3-12,14-15H2,(H,26,27);1,10H. The fourth-order valence-corrected chi connectivity index (χ4v) is 11.4. The van der Waals surface area contributed by atoms with Crippen LogP contribution in [0.5, 0.6) is 0 Å². The molecule has 2 aromatic carbocycles. The van der Waals surface area contributed by atoms with Crippen LogP contribution in [-0.4, -0.2) is 164 Å². The summed E-state index contributed by atoms with van der Waals surface area (Å²) in [5.74, 6) is -2.02. The van der Waals surface area contributed by atoms with Gasteiger partial charge in [0.1, 0.15) is 0 Å². The molecule has 6 fully saturated rings. The van der Waals surface area contributed by atoms with E-state index < -0.39 is 54.9 Å². The Kier molecular flexibility index (Phi) is 20.0. The van der Waals surface area contributed by atoms with Gasteiger partial charge in [-0.1, -0.05) is 35.3 Å². The monoisotopic (exact) mass is 1140 g/mol. The van der Waals surface area contributed by atoms with Crippen molar-refractivity contribution in [3.63, 3.8) is 0 Å². The Balaban J connectivity index is 0.000000218. The number of aliphatic carboxylic acids is 2. The van der Waals surface area contributed by atoms with Crippen LogP contribution < -0.4 is 15.1 Å². The predicted molar refractivity (Wildman–Crippen MR) is 256 cm³/mol. The molecule has 0 unspecified atom stereocenters. The van der Waals surface area contributed by atoms with Crippen molar-refractivity contribution >= 4 is 52.6 Å². The molecule has 6 aliphatic heterocycles. The fraction of sp³-hybridized carbons (Fsp3) is 0.694. The van der Waals surface area contributed by atoms with Crippen molar-refractivity contribution in [1.82, 2.24) is 20.0 Å². The van der Waals surface area contributed by atoms with Crippen molar-refractivity contribution in [3.8, 4) is 0 Å². The molecule has 0 aliphatic carbocycles. The molecule has 13 nitrogen and oxygen atoms in total. The Morgan fingerprint density at radius 2 is 0.947 bits per heavy atom. The lowest BCUT2D eigenvalue weighted by Gasteiger charge is -2.39. The normalized spacial score (nSPS) is 21.2. The predicted octanol–water partition coefficient (Wildman–Crippen LogP) is 10.2. The Labute approximate surface area is 441 Å². The number of piperidine rings is 4. The smallest absolute Gasteiger partial charge is 0.434 e. The largest absolute Gasteiger partial charge is 0.481 e. The van der Waals surface area contributed by atoms with Gasteiger partial charge in [-0.25, -0.2) is 4.79 Å². The minimum atomic E-state index is -5.75. The zero-order chi connectivity index (χ0) is 56.0. The molecule has 0 atom stereocenters. The summed E-state index contributed by atoms with van der Waals surface area (Å²) in [6, 6.07) is 11.8. The molecule has 4 N–H and O–H groups in total. The first-order valence-electron chi connectivity index (χ1n) is 25.0. The lowest BCUT2D eigenvalue weighted by Crippen LogP contribution is -2.50. The molecule has 6 heterocycles. The number of aliphatic hydroxyl groups excluding tert-OH is 1. The number of carboxylic acids is 2. The average Bonchev–Trinajstić information content (AvgIpc) is 3.93. The Morgan fingerprint density at radius 3 is 1.29 bits per heavy atom. The Bertz CT molecular complexity index is 2250. The van der Waals surface area contributed by atoms with Gasteiger partial charge >= 0.3 is 42.7 Å². The topological polar surface area (TPSA) is 149 Å². The quantitative estimate of drug-likeness (QED) is 0.177. The lowest BCUT2D eigenvalue weighted by atomic mass is 9.78. The highest BCUT2D eigenvalue weighted by Gasteiger charge is 2.60. The van der Waals surface area contributed by atoms with Gasteiger partial charge in [-0.2, -0.15) is 52.7 Å². The van der Waals surface area contributed by atoms with E-state index in [1.54, 1.807) is 6.07 Å². The summed E-state index contributed by atoms with van der Waals surface area (Å²) in [4.78, 5) is 44.9. The van der Waals surface area contributed by atoms with Crippen molar-refractivity contribution in [1.29, 1.82) is 0 Å². The third-order valence-electron chi connectivity index (χ3n) is 15.5. The number of amides is 1. The van der Waals surface area contributed by atoms with Gasteiger partial charge in [0.2, 0.25) is 6.10 Å². The number of rotatable bonds is 9. The maximum absolute atomic E-state index is 12.8. The molecule has 1 amide bonds. The van der Waals surface area contributed by atoms with Gasteiger partial charge in [0.25, 0.3) is 6.10 Å². The summed E-state index contributed by atoms with van der Waals surface area (Å²) >= 11 is 12.6. The number of likely N-dealkylation sites (tertiary alicyclic amines) is 3. The zero-order valence-corrected chi connectivity index (χ0v) is 42.8. The van der Waals surface area contributed by atoms with Gasteiger partial charge < -0.3 is 40.1 Å². The van der Waals surface area contributed by atoms with E-state index >= 15 is 0 Å². The molecule has 27 heteroatoms. The second-order valence-electron chi connectivity index (χ2n) is 20.7. The van der Waals surface area contributed by atoms with Gasteiger partial charge in [0.05, 0.1) is 11.8 Å². The van der Waals surface area contributed by atoms with Gasteiger partial charge in [0, 0.05) is 86.9 Å². The zero-order valence-electron chi connectivity index (χ0n) is 41.2. The number of aliphatic hydroxyl groups is 1. The fourth-order valence-electron chi connectivity index (χ4n) is 11.1. The molecule has 2 spiro atoms. The van der Waals surface area contributed by atoms with E-state index in [1.165, 1.54) is 43.6 Å². The molecule has 0 aromatic heterocycles. The number of alkyl halides is 12. The van der Waals surface area contributed by atoms with Crippen LogP contribution in [-0.2, 0) is 27.4 Å². The van der Waals surface area contributed by atoms with E-state index in [0.717, 1.165) is 66.9 Å². The highest BCUT2D eigenvalue weighted by Crippen LogP contribution is 2.44. The highest BCUT2D eigenvalue weighted by molar-refractivity contribution is 6.31. The summed E-state index contributed by atoms with van der Waals surface area (Å²) in [6.07, 6.45) is -24.7. The number of nitrogens with one attached hydrogen (secondary N) is 1. The number of ether oxygens (including phenoxy) is 1.